The van der Waals surface area contributed by atoms with Crippen molar-refractivity contribution in [2.75, 3.05) is 11.9 Å². The lowest BCUT2D eigenvalue weighted by atomic mass is 10.1. The van der Waals surface area contributed by atoms with Crippen molar-refractivity contribution in [2.45, 2.75) is 18.9 Å². The summed E-state index contributed by atoms with van der Waals surface area (Å²) in [7, 11) is 1.78. The van der Waals surface area contributed by atoms with E-state index in [1.165, 1.54) is 5.56 Å². The molecule has 120 valence electrons. The summed E-state index contributed by atoms with van der Waals surface area (Å²) in [6.07, 6.45) is 3.51. The van der Waals surface area contributed by atoms with Gasteiger partial charge in [0.2, 0.25) is 0 Å². The molecule has 0 saturated heterocycles. The van der Waals surface area contributed by atoms with E-state index in [1.807, 2.05) is 24.3 Å². The van der Waals surface area contributed by atoms with Crippen LogP contribution in [0.5, 0.6) is 0 Å². The van der Waals surface area contributed by atoms with Gasteiger partial charge in [-0.3, -0.25) is 9.48 Å². The van der Waals surface area contributed by atoms with Crippen molar-refractivity contribution in [2.24, 2.45) is 17.8 Å². The normalized spacial score (nSPS) is 16.7. The van der Waals surface area contributed by atoms with Gasteiger partial charge in [-0.1, -0.05) is 12.1 Å². The molecule has 23 heavy (non-hydrogen) atoms. The molecule has 1 unspecified atom stereocenters. The number of benzene rings is 1. The van der Waals surface area contributed by atoms with Crippen LogP contribution in [0.4, 0.5) is 5.69 Å². The zero-order chi connectivity index (χ0) is 16.2. The fourth-order valence-corrected chi connectivity index (χ4v) is 2.40. The Labute approximate surface area is 134 Å². The smallest absolute Gasteiger partial charge is 0.282 e. The quantitative estimate of drug-likeness (QED) is 0.870. The van der Waals surface area contributed by atoms with Gasteiger partial charge in [-0.05, 0) is 36.6 Å². The van der Waals surface area contributed by atoms with E-state index in [1.54, 1.807) is 24.0 Å². The molecule has 0 bridgehead atoms. The number of anilines is 1. The van der Waals surface area contributed by atoms with E-state index in [-0.39, 0.29) is 18.0 Å². The van der Waals surface area contributed by atoms with Crippen LogP contribution in [0.1, 0.15) is 22.5 Å². The van der Waals surface area contributed by atoms with Crippen molar-refractivity contribution >= 4 is 17.6 Å². The van der Waals surface area contributed by atoms with Crippen molar-refractivity contribution in [3.05, 3.63) is 47.8 Å². The lowest BCUT2D eigenvalue weighted by Gasteiger charge is -2.07. The van der Waals surface area contributed by atoms with E-state index in [0.717, 1.165) is 18.5 Å². The summed E-state index contributed by atoms with van der Waals surface area (Å²) in [5, 5.41) is 6.90. The first-order valence-electron chi connectivity index (χ1n) is 7.46. The molecule has 0 spiro atoms. The lowest BCUT2D eigenvalue weighted by molar-refractivity contribution is 0.102. The molecule has 1 aliphatic heterocycles. The number of aryl methyl sites for hydroxylation is 2. The number of rotatable bonds is 5. The minimum atomic E-state index is -0.216. The molecular weight excluding hydrogens is 294 g/mol. The minimum Gasteiger partial charge on any atom is -0.463 e. The minimum absolute atomic E-state index is 0.138. The number of carbonyl (C=O) groups excluding carboxylic acids is 1. The fraction of sp³-hybridized carbons (Fsp3) is 0.312. The topological polar surface area (TPSA) is 94.5 Å². The van der Waals surface area contributed by atoms with Gasteiger partial charge in [-0.2, -0.15) is 5.10 Å². The molecule has 1 aromatic heterocycles. The number of nitrogens with one attached hydrogen (secondary N) is 1. The first kappa shape index (κ1) is 15.1. The molecule has 2 aromatic rings. The van der Waals surface area contributed by atoms with Crippen LogP contribution in [-0.4, -0.2) is 34.4 Å². The molecule has 0 saturated carbocycles. The van der Waals surface area contributed by atoms with Crippen LogP contribution >= 0.6 is 0 Å². The van der Waals surface area contributed by atoms with E-state index in [0.29, 0.717) is 12.3 Å². The van der Waals surface area contributed by atoms with Gasteiger partial charge < -0.3 is 15.8 Å². The Kier molecular flexibility index (Phi) is 4.27. The molecular formula is C16H19N5O2. The van der Waals surface area contributed by atoms with Crippen molar-refractivity contribution in [1.29, 1.82) is 0 Å². The monoisotopic (exact) mass is 313 g/mol. The van der Waals surface area contributed by atoms with Crippen molar-refractivity contribution in [3.8, 4) is 0 Å². The van der Waals surface area contributed by atoms with Gasteiger partial charge in [0.05, 0.1) is 6.04 Å². The maximum Gasteiger partial charge on any atom is 0.282 e. The molecule has 1 atom stereocenters. The van der Waals surface area contributed by atoms with E-state index >= 15 is 0 Å². The van der Waals surface area contributed by atoms with Crippen LogP contribution in [0.3, 0.4) is 0 Å². The highest BCUT2D eigenvalue weighted by Crippen LogP contribution is 2.15. The molecule has 1 amide bonds. The number of amides is 1. The standard InChI is InChI=1S/C16H19N5O2/c1-21-9-8-14(20-21)15(22)18-12-5-2-11(3-6-12)4-7-13-10-23-16(17)19-13/h2-3,5-6,8-9,13H,4,7,10H2,1H3,(H2,17,19)(H,18,22). The Morgan fingerprint density at radius 3 is 2.78 bits per heavy atom. The largest absolute Gasteiger partial charge is 0.463 e. The second-order valence-electron chi connectivity index (χ2n) is 5.50. The number of hydrogen-bond acceptors (Lipinski definition) is 5. The number of hydrogen-bond donors (Lipinski definition) is 2. The average Bonchev–Trinajstić information content (AvgIpc) is 3.15. The van der Waals surface area contributed by atoms with E-state index in [4.69, 9.17) is 10.5 Å². The molecule has 1 aliphatic rings. The van der Waals surface area contributed by atoms with E-state index < -0.39 is 0 Å². The molecule has 3 rings (SSSR count). The van der Waals surface area contributed by atoms with Crippen molar-refractivity contribution in [1.82, 2.24) is 9.78 Å². The predicted molar refractivity (Wildman–Crippen MR) is 87.3 cm³/mol. The Morgan fingerprint density at radius 2 is 2.17 bits per heavy atom. The molecule has 2 heterocycles. The highest BCUT2D eigenvalue weighted by molar-refractivity contribution is 6.02. The van der Waals surface area contributed by atoms with Crippen molar-refractivity contribution in [3.63, 3.8) is 0 Å². The number of nitrogens with two attached hydrogens (primary N) is 1. The van der Waals surface area contributed by atoms with Crippen LogP contribution in [0.15, 0.2) is 41.5 Å². The Balaban J connectivity index is 1.53. The van der Waals surface area contributed by atoms with E-state index in [2.05, 4.69) is 15.4 Å². The molecule has 0 aliphatic carbocycles. The maximum atomic E-state index is 12.0. The molecule has 0 radical (unpaired) electrons. The van der Waals surface area contributed by atoms with Crippen LogP contribution in [0, 0.1) is 0 Å². The Morgan fingerprint density at radius 1 is 1.39 bits per heavy atom. The van der Waals surface area contributed by atoms with Crippen LogP contribution in [0.2, 0.25) is 0 Å². The number of nitrogens with zero attached hydrogens (tertiary/aromatic N) is 3. The molecule has 0 fully saturated rings. The maximum absolute atomic E-state index is 12.0. The van der Waals surface area contributed by atoms with Gasteiger partial charge in [0.15, 0.2) is 5.69 Å². The second kappa shape index (κ2) is 6.51. The zero-order valence-corrected chi connectivity index (χ0v) is 12.9. The van der Waals surface area contributed by atoms with Gasteiger partial charge in [-0.15, -0.1) is 0 Å². The third kappa shape index (κ3) is 3.88. The van der Waals surface area contributed by atoms with Crippen LogP contribution < -0.4 is 11.1 Å². The number of ether oxygens (including phenoxy) is 1. The van der Waals surface area contributed by atoms with Gasteiger partial charge in [0.1, 0.15) is 6.61 Å². The first-order valence-corrected chi connectivity index (χ1v) is 7.46. The third-order valence-corrected chi connectivity index (χ3v) is 3.66. The molecule has 1 aromatic carbocycles. The average molecular weight is 313 g/mol. The fourth-order valence-electron chi connectivity index (χ4n) is 2.40. The summed E-state index contributed by atoms with van der Waals surface area (Å²) < 4.78 is 6.73. The molecule has 7 nitrogen and oxygen atoms in total. The number of aromatic nitrogens is 2. The number of aliphatic imine (C=N–C) groups is 1. The van der Waals surface area contributed by atoms with Gasteiger partial charge in [0, 0.05) is 18.9 Å². The summed E-state index contributed by atoms with van der Waals surface area (Å²) >= 11 is 0. The summed E-state index contributed by atoms with van der Waals surface area (Å²) in [5.74, 6) is -0.216. The Bertz CT molecular complexity index is 720. The SMILES string of the molecule is Cn1ccc(C(=O)Nc2ccc(CCC3COC(N)=N3)cc2)n1. The first-order chi connectivity index (χ1) is 11.1. The van der Waals surface area contributed by atoms with Crippen LogP contribution in [0.25, 0.3) is 0 Å². The summed E-state index contributed by atoms with van der Waals surface area (Å²) in [6, 6.07) is 9.87. The van der Waals surface area contributed by atoms with Gasteiger partial charge >= 0.3 is 0 Å². The highest BCUT2D eigenvalue weighted by atomic mass is 16.5. The van der Waals surface area contributed by atoms with E-state index in [9.17, 15) is 4.79 Å². The summed E-state index contributed by atoms with van der Waals surface area (Å²) in [5.41, 5.74) is 7.82. The van der Waals surface area contributed by atoms with Crippen molar-refractivity contribution < 1.29 is 9.53 Å². The zero-order valence-electron chi connectivity index (χ0n) is 12.9. The van der Waals surface area contributed by atoms with Gasteiger partial charge in [-0.25, -0.2) is 4.99 Å². The van der Waals surface area contributed by atoms with Gasteiger partial charge in [0.25, 0.3) is 11.9 Å². The summed E-state index contributed by atoms with van der Waals surface area (Å²) in [6.45, 7) is 0.560. The third-order valence-electron chi connectivity index (χ3n) is 3.66. The Hall–Kier alpha value is -2.83. The highest BCUT2D eigenvalue weighted by Gasteiger charge is 2.16. The number of carbonyl (C=O) groups is 1. The second-order valence-corrected chi connectivity index (χ2v) is 5.50. The number of amidine groups is 1. The molecule has 3 N–H and O–H groups in total. The van der Waals surface area contributed by atoms with Crippen LogP contribution in [-0.2, 0) is 18.2 Å². The summed E-state index contributed by atoms with van der Waals surface area (Å²) in [4.78, 5) is 16.2. The predicted octanol–water partition coefficient (Wildman–Crippen LogP) is 1.32. The lowest BCUT2D eigenvalue weighted by Crippen LogP contribution is -2.13. The molecule has 7 heteroatoms.